The van der Waals surface area contributed by atoms with E-state index < -0.39 is 27.1 Å². The summed E-state index contributed by atoms with van der Waals surface area (Å²) in [6, 6.07) is 8.21. The molecule has 0 radical (unpaired) electrons. The number of rotatable bonds is 4. The SMILES string of the molecule is CC=C(C)C=C(C1=C(C)C(=O)C(O)CC1(C)C)S(=O)(=O)c1ccccc1. The highest BCUT2D eigenvalue weighted by Gasteiger charge is 2.42. The zero-order chi connectivity index (χ0) is 19.7. The van der Waals surface area contributed by atoms with Crippen LogP contribution in [0, 0.1) is 5.41 Å². The summed E-state index contributed by atoms with van der Waals surface area (Å²) in [5, 5.41) is 10.1. The van der Waals surface area contributed by atoms with Crippen molar-refractivity contribution >= 4 is 15.6 Å². The lowest BCUT2D eigenvalue weighted by atomic mass is 9.71. The molecule has 2 rings (SSSR count). The summed E-state index contributed by atoms with van der Waals surface area (Å²) in [5.74, 6) is -0.411. The molecule has 0 aliphatic heterocycles. The number of carbonyl (C=O) groups is 1. The van der Waals surface area contributed by atoms with Gasteiger partial charge in [0.05, 0.1) is 9.80 Å². The van der Waals surface area contributed by atoms with Crippen molar-refractivity contribution in [3.05, 3.63) is 64.1 Å². The number of hydrogen-bond acceptors (Lipinski definition) is 4. The topological polar surface area (TPSA) is 71.4 Å². The van der Waals surface area contributed by atoms with E-state index in [9.17, 15) is 18.3 Å². The van der Waals surface area contributed by atoms with Crippen molar-refractivity contribution in [3.63, 3.8) is 0 Å². The highest BCUT2D eigenvalue weighted by Crippen LogP contribution is 2.45. The summed E-state index contributed by atoms with van der Waals surface area (Å²) >= 11 is 0. The molecule has 0 bridgehead atoms. The molecule has 0 fully saturated rings. The third kappa shape index (κ3) is 3.74. The predicted octanol–water partition coefficient (Wildman–Crippen LogP) is 3.99. The van der Waals surface area contributed by atoms with Gasteiger partial charge in [0.2, 0.25) is 9.84 Å². The number of carbonyl (C=O) groups excluding carboxylic acids is 1. The van der Waals surface area contributed by atoms with Crippen LogP contribution < -0.4 is 0 Å². The molecule has 1 atom stereocenters. The summed E-state index contributed by atoms with van der Waals surface area (Å²) in [4.78, 5) is 12.7. The Balaban J connectivity index is 2.83. The lowest BCUT2D eigenvalue weighted by molar-refractivity contribution is -0.125. The Morgan fingerprint density at radius 1 is 1.23 bits per heavy atom. The molecule has 0 amide bonds. The number of aliphatic hydroxyl groups excluding tert-OH is 1. The molecule has 5 heteroatoms. The number of benzene rings is 1. The fraction of sp³-hybridized carbons (Fsp3) is 0.381. The van der Waals surface area contributed by atoms with E-state index in [1.54, 1.807) is 43.3 Å². The third-order valence-electron chi connectivity index (χ3n) is 4.83. The summed E-state index contributed by atoms with van der Waals surface area (Å²) < 4.78 is 26.8. The maximum Gasteiger partial charge on any atom is 0.206 e. The first kappa shape index (κ1) is 20.3. The highest BCUT2D eigenvalue weighted by molar-refractivity contribution is 7.95. The first-order valence-electron chi connectivity index (χ1n) is 8.61. The van der Waals surface area contributed by atoms with E-state index in [0.29, 0.717) is 11.1 Å². The molecule has 1 aromatic rings. The number of hydrogen-bond donors (Lipinski definition) is 1. The minimum atomic E-state index is -3.82. The van der Waals surface area contributed by atoms with Crippen molar-refractivity contribution in [2.75, 3.05) is 0 Å². The van der Waals surface area contributed by atoms with Crippen LogP contribution in [0.2, 0.25) is 0 Å². The summed E-state index contributed by atoms with van der Waals surface area (Å²) in [7, 11) is -3.82. The van der Waals surface area contributed by atoms with E-state index >= 15 is 0 Å². The van der Waals surface area contributed by atoms with Crippen LogP contribution in [-0.4, -0.2) is 25.4 Å². The van der Waals surface area contributed by atoms with Gasteiger partial charge in [0, 0.05) is 0 Å². The van der Waals surface area contributed by atoms with Crippen molar-refractivity contribution < 1.29 is 18.3 Å². The molecule has 1 aliphatic rings. The first-order chi connectivity index (χ1) is 12.0. The molecule has 4 nitrogen and oxygen atoms in total. The smallest absolute Gasteiger partial charge is 0.206 e. The maximum absolute atomic E-state index is 13.4. The van der Waals surface area contributed by atoms with Gasteiger partial charge in [-0.25, -0.2) is 8.42 Å². The van der Waals surface area contributed by atoms with Gasteiger partial charge in [-0.3, -0.25) is 4.79 Å². The first-order valence-corrected chi connectivity index (χ1v) is 10.1. The quantitative estimate of drug-likeness (QED) is 0.809. The van der Waals surface area contributed by atoms with Gasteiger partial charge in [0.15, 0.2) is 5.78 Å². The Morgan fingerprint density at radius 3 is 2.35 bits per heavy atom. The van der Waals surface area contributed by atoms with Crippen molar-refractivity contribution in [2.45, 2.75) is 52.0 Å². The van der Waals surface area contributed by atoms with Crippen LogP contribution in [0.5, 0.6) is 0 Å². The number of allylic oxidation sites excluding steroid dienone is 4. The highest BCUT2D eigenvalue weighted by atomic mass is 32.2. The second-order valence-electron chi connectivity index (χ2n) is 7.33. The molecule has 0 aromatic heterocycles. The zero-order valence-corrected chi connectivity index (χ0v) is 16.7. The van der Waals surface area contributed by atoms with Gasteiger partial charge in [-0.2, -0.15) is 0 Å². The predicted molar refractivity (Wildman–Crippen MR) is 103 cm³/mol. The number of Topliss-reactive ketones (excluding diaryl/α,β-unsaturated/α-hetero) is 1. The second-order valence-corrected chi connectivity index (χ2v) is 9.24. The van der Waals surface area contributed by atoms with Gasteiger partial charge in [-0.1, -0.05) is 43.7 Å². The van der Waals surface area contributed by atoms with E-state index in [4.69, 9.17) is 0 Å². The minimum absolute atomic E-state index is 0.127. The van der Waals surface area contributed by atoms with Gasteiger partial charge < -0.3 is 5.11 Å². The van der Waals surface area contributed by atoms with E-state index in [-0.39, 0.29) is 16.2 Å². The number of ketones is 1. The van der Waals surface area contributed by atoms with Gasteiger partial charge >= 0.3 is 0 Å². The average molecular weight is 375 g/mol. The lowest BCUT2D eigenvalue weighted by Crippen LogP contribution is -2.37. The molecule has 0 saturated carbocycles. The Bertz CT molecular complexity index is 901. The number of sulfone groups is 1. The third-order valence-corrected chi connectivity index (χ3v) is 6.62. The van der Waals surface area contributed by atoms with Crippen molar-refractivity contribution in [1.82, 2.24) is 0 Å². The Hall–Kier alpha value is -1.98. The van der Waals surface area contributed by atoms with Crippen molar-refractivity contribution in [3.8, 4) is 0 Å². The maximum atomic E-state index is 13.4. The van der Waals surface area contributed by atoms with Gasteiger partial charge in [0.25, 0.3) is 0 Å². The van der Waals surface area contributed by atoms with Crippen LogP contribution in [0.25, 0.3) is 0 Å². The summed E-state index contributed by atoms with van der Waals surface area (Å²) in [6.45, 7) is 8.98. The summed E-state index contributed by atoms with van der Waals surface area (Å²) in [5.41, 5.74) is 0.925. The molecule has 0 spiro atoms. The van der Waals surface area contributed by atoms with Crippen molar-refractivity contribution in [1.29, 1.82) is 0 Å². The van der Waals surface area contributed by atoms with Crippen LogP contribution in [0.3, 0.4) is 0 Å². The minimum Gasteiger partial charge on any atom is -0.385 e. The molecule has 140 valence electrons. The number of aliphatic hydroxyl groups is 1. The van der Waals surface area contributed by atoms with Gasteiger partial charge in [0.1, 0.15) is 6.10 Å². The van der Waals surface area contributed by atoms with Crippen LogP contribution >= 0.6 is 0 Å². The lowest BCUT2D eigenvalue weighted by Gasteiger charge is -2.37. The zero-order valence-electron chi connectivity index (χ0n) is 15.9. The molecular weight excluding hydrogens is 348 g/mol. The van der Waals surface area contributed by atoms with E-state index in [1.807, 2.05) is 33.8 Å². The van der Waals surface area contributed by atoms with E-state index in [0.717, 1.165) is 5.57 Å². The van der Waals surface area contributed by atoms with Gasteiger partial charge in [-0.15, -0.1) is 0 Å². The molecule has 0 saturated heterocycles. The molecule has 1 aromatic carbocycles. The molecule has 26 heavy (non-hydrogen) atoms. The van der Waals surface area contributed by atoms with E-state index in [1.165, 1.54) is 0 Å². The van der Waals surface area contributed by atoms with E-state index in [2.05, 4.69) is 0 Å². The van der Waals surface area contributed by atoms with Crippen LogP contribution in [0.1, 0.15) is 41.0 Å². The molecule has 0 heterocycles. The Labute approximate surface area is 155 Å². The van der Waals surface area contributed by atoms with Crippen LogP contribution in [-0.2, 0) is 14.6 Å². The monoisotopic (exact) mass is 374 g/mol. The van der Waals surface area contributed by atoms with Gasteiger partial charge in [-0.05, 0) is 62.0 Å². The normalized spacial score (nSPS) is 21.9. The standard InChI is InChI=1S/C21H26O4S/c1-6-14(2)12-18(26(24,25)16-10-8-7-9-11-16)19-15(3)20(23)17(22)13-21(19,4)5/h6-12,17,22H,13H2,1-5H3. The molecule has 1 aliphatic carbocycles. The Kier molecular flexibility index (Phi) is 5.73. The summed E-state index contributed by atoms with van der Waals surface area (Å²) in [6.07, 6.45) is 2.53. The fourth-order valence-electron chi connectivity index (χ4n) is 3.38. The Morgan fingerprint density at radius 2 is 1.81 bits per heavy atom. The average Bonchev–Trinajstić information content (AvgIpc) is 2.59. The van der Waals surface area contributed by atoms with Crippen molar-refractivity contribution in [2.24, 2.45) is 5.41 Å². The molecular formula is C21H26O4S. The van der Waals surface area contributed by atoms with Crippen LogP contribution in [0.15, 0.2) is 69.0 Å². The molecule has 1 N–H and O–H groups in total. The largest absolute Gasteiger partial charge is 0.385 e. The second kappa shape index (κ2) is 7.33. The van der Waals surface area contributed by atoms with Crippen LogP contribution in [0.4, 0.5) is 0 Å². The molecule has 1 unspecified atom stereocenters. The fourth-order valence-corrected chi connectivity index (χ4v) is 5.19.